The van der Waals surface area contributed by atoms with Crippen LogP contribution in [0.25, 0.3) is 10.4 Å². The molecule has 0 aliphatic heterocycles. The van der Waals surface area contributed by atoms with Crippen molar-refractivity contribution < 1.29 is 14.6 Å². The highest BCUT2D eigenvalue weighted by molar-refractivity contribution is 7.13. The lowest BCUT2D eigenvalue weighted by atomic mass is 10.00. The second kappa shape index (κ2) is 8.45. The number of carbonyl (C=O) groups excluding carboxylic acids is 1. The van der Waals surface area contributed by atoms with Gasteiger partial charge >= 0.3 is 6.09 Å². The summed E-state index contributed by atoms with van der Waals surface area (Å²) in [6, 6.07) is 7.90. The third kappa shape index (κ3) is 5.83. The van der Waals surface area contributed by atoms with Gasteiger partial charge in [-0.2, -0.15) is 0 Å². The first kappa shape index (κ1) is 19.4. The highest BCUT2D eigenvalue weighted by Gasteiger charge is 2.20. The van der Waals surface area contributed by atoms with E-state index < -0.39 is 11.7 Å². The van der Waals surface area contributed by atoms with Crippen molar-refractivity contribution in [3.63, 3.8) is 0 Å². The molecule has 136 valence electrons. The van der Waals surface area contributed by atoms with Gasteiger partial charge in [-0.05, 0) is 51.7 Å². The number of aromatic nitrogens is 1. The molecule has 1 aromatic carbocycles. The molecule has 0 aliphatic rings. The van der Waals surface area contributed by atoms with Gasteiger partial charge in [-0.25, -0.2) is 9.78 Å². The Morgan fingerprint density at radius 2 is 2.00 bits per heavy atom. The fraction of sp³-hybridized carbons (Fsp3) is 0.474. The molecular formula is C19H26N2O3S. The molecule has 0 spiro atoms. The summed E-state index contributed by atoms with van der Waals surface area (Å²) in [7, 11) is 0. The van der Waals surface area contributed by atoms with E-state index in [1.54, 1.807) is 11.3 Å². The number of hydrogen-bond donors (Lipinski definition) is 2. The number of aliphatic hydroxyl groups is 1. The molecule has 5 nitrogen and oxygen atoms in total. The number of aryl methyl sites for hydroxylation is 1. The number of carbonyl (C=O) groups is 1. The van der Waals surface area contributed by atoms with E-state index in [0.29, 0.717) is 12.8 Å². The van der Waals surface area contributed by atoms with E-state index in [2.05, 4.69) is 10.3 Å². The van der Waals surface area contributed by atoms with Crippen LogP contribution in [0, 0.1) is 6.92 Å². The van der Waals surface area contributed by atoms with E-state index in [0.717, 1.165) is 21.7 Å². The molecule has 2 N–H and O–H groups in total. The summed E-state index contributed by atoms with van der Waals surface area (Å²) in [5, 5.41) is 12.0. The molecule has 2 rings (SSSR count). The second-order valence-corrected chi connectivity index (χ2v) is 7.81. The van der Waals surface area contributed by atoms with Crippen molar-refractivity contribution in [1.29, 1.82) is 0 Å². The van der Waals surface area contributed by atoms with Gasteiger partial charge in [0.1, 0.15) is 5.60 Å². The number of nitrogens with one attached hydrogen (secondary N) is 1. The quantitative estimate of drug-likeness (QED) is 0.796. The van der Waals surface area contributed by atoms with Crippen LogP contribution in [0.4, 0.5) is 4.79 Å². The molecular weight excluding hydrogens is 336 g/mol. The van der Waals surface area contributed by atoms with Gasteiger partial charge in [0.25, 0.3) is 0 Å². The molecule has 2 aromatic rings. The van der Waals surface area contributed by atoms with E-state index in [9.17, 15) is 4.79 Å². The van der Waals surface area contributed by atoms with Crippen LogP contribution in [-0.2, 0) is 4.74 Å². The summed E-state index contributed by atoms with van der Waals surface area (Å²) in [4.78, 5) is 17.5. The van der Waals surface area contributed by atoms with E-state index in [-0.39, 0.29) is 12.6 Å². The number of aliphatic hydroxyl groups excluding tert-OH is 1. The predicted molar refractivity (Wildman–Crippen MR) is 101 cm³/mol. The van der Waals surface area contributed by atoms with Gasteiger partial charge in [0.15, 0.2) is 0 Å². The molecule has 1 aromatic heterocycles. The van der Waals surface area contributed by atoms with E-state index in [1.807, 2.05) is 57.5 Å². The van der Waals surface area contributed by atoms with Crippen molar-refractivity contribution in [3.8, 4) is 10.4 Å². The number of thiazole rings is 1. The molecule has 0 fully saturated rings. The Kier molecular flexibility index (Phi) is 6.56. The third-order valence-corrected chi connectivity index (χ3v) is 4.64. The highest BCUT2D eigenvalue weighted by Crippen LogP contribution is 2.29. The van der Waals surface area contributed by atoms with E-state index in [4.69, 9.17) is 9.84 Å². The highest BCUT2D eigenvalue weighted by atomic mass is 32.1. The van der Waals surface area contributed by atoms with Crippen LogP contribution >= 0.6 is 11.3 Å². The lowest BCUT2D eigenvalue weighted by Crippen LogP contribution is -2.35. The summed E-state index contributed by atoms with van der Waals surface area (Å²) in [6.07, 6.45) is 0.808. The Labute approximate surface area is 153 Å². The summed E-state index contributed by atoms with van der Waals surface area (Å²) >= 11 is 1.61. The van der Waals surface area contributed by atoms with Crippen molar-refractivity contribution in [2.45, 2.75) is 52.2 Å². The number of amides is 1. The predicted octanol–water partition coefficient (Wildman–Crippen LogP) is 4.46. The number of hydrogen-bond acceptors (Lipinski definition) is 5. The molecule has 0 bridgehead atoms. The van der Waals surface area contributed by atoms with Crippen LogP contribution in [0.1, 0.15) is 50.9 Å². The largest absolute Gasteiger partial charge is 0.444 e. The average Bonchev–Trinajstić information content (AvgIpc) is 2.96. The average molecular weight is 362 g/mol. The molecule has 0 saturated carbocycles. The molecule has 0 radical (unpaired) electrons. The fourth-order valence-electron chi connectivity index (χ4n) is 2.51. The Hall–Kier alpha value is -1.92. The number of benzene rings is 1. The van der Waals surface area contributed by atoms with Crippen LogP contribution in [0.15, 0.2) is 29.8 Å². The summed E-state index contributed by atoms with van der Waals surface area (Å²) in [5.41, 5.74) is 4.42. The summed E-state index contributed by atoms with van der Waals surface area (Å²) in [5.74, 6) is 0. The van der Waals surface area contributed by atoms with Crippen molar-refractivity contribution in [2.75, 3.05) is 6.61 Å². The lowest BCUT2D eigenvalue weighted by molar-refractivity contribution is 0.0498. The van der Waals surface area contributed by atoms with Crippen molar-refractivity contribution >= 4 is 17.4 Å². The van der Waals surface area contributed by atoms with Crippen LogP contribution in [0.2, 0.25) is 0 Å². The van der Waals surface area contributed by atoms with Crippen molar-refractivity contribution in [3.05, 3.63) is 41.0 Å². The summed E-state index contributed by atoms with van der Waals surface area (Å²) < 4.78 is 5.35. The van der Waals surface area contributed by atoms with Crippen molar-refractivity contribution in [2.24, 2.45) is 0 Å². The maximum atomic E-state index is 12.1. The Bertz CT molecular complexity index is 689. The Morgan fingerprint density at radius 3 is 2.52 bits per heavy atom. The number of nitrogens with zero attached hydrogens (tertiary/aromatic N) is 1. The zero-order valence-corrected chi connectivity index (χ0v) is 16.0. The van der Waals surface area contributed by atoms with Gasteiger partial charge in [-0.3, -0.25) is 0 Å². The number of rotatable bonds is 6. The normalized spacial score (nSPS) is 12.7. The Morgan fingerprint density at radius 1 is 1.32 bits per heavy atom. The summed E-state index contributed by atoms with van der Waals surface area (Å²) in [6.45, 7) is 7.59. The zero-order chi connectivity index (χ0) is 18.4. The monoisotopic (exact) mass is 362 g/mol. The smallest absolute Gasteiger partial charge is 0.408 e. The van der Waals surface area contributed by atoms with Crippen LogP contribution in [0.5, 0.6) is 0 Å². The minimum absolute atomic E-state index is 0.0879. The van der Waals surface area contributed by atoms with Crippen LogP contribution in [0.3, 0.4) is 0 Å². The molecule has 1 atom stereocenters. The van der Waals surface area contributed by atoms with Gasteiger partial charge < -0.3 is 15.2 Å². The molecule has 1 amide bonds. The van der Waals surface area contributed by atoms with Gasteiger partial charge in [-0.15, -0.1) is 11.3 Å². The first-order chi connectivity index (χ1) is 11.8. The van der Waals surface area contributed by atoms with Gasteiger partial charge in [-0.1, -0.05) is 24.3 Å². The first-order valence-corrected chi connectivity index (χ1v) is 9.29. The standard InChI is InChI=1S/C19H26N2O3S/c1-13-17(25-12-20-13)15-9-7-14(8-10-15)16(6-5-11-22)21-18(23)24-19(2,3)4/h7-10,12,16,22H,5-6,11H2,1-4H3,(H,21,23)/t16-/m0/s1. The van der Waals surface area contributed by atoms with E-state index >= 15 is 0 Å². The van der Waals surface area contributed by atoms with Gasteiger partial charge in [0, 0.05) is 6.61 Å². The SMILES string of the molecule is Cc1ncsc1-c1ccc([C@H](CCCO)NC(=O)OC(C)(C)C)cc1. The van der Waals surface area contributed by atoms with Gasteiger partial charge in [0.05, 0.1) is 22.1 Å². The number of ether oxygens (including phenoxy) is 1. The Balaban J connectivity index is 2.14. The molecule has 0 aliphatic carbocycles. The minimum Gasteiger partial charge on any atom is -0.444 e. The van der Waals surface area contributed by atoms with Gasteiger partial charge in [0.2, 0.25) is 0 Å². The van der Waals surface area contributed by atoms with Crippen LogP contribution in [-0.4, -0.2) is 28.4 Å². The van der Waals surface area contributed by atoms with E-state index in [1.165, 1.54) is 0 Å². The lowest BCUT2D eigenvalue weighted by Gasteiger charge is -2.24. The fourth-order valence-corrected chi connectivity index (χ4v) is 3.32. The molecule has 0 saturated heterocycles. The molecule has 25 heavy (non-hydrogen) atoms. The van der Waals surface area contributed by atoms with Crippen LogP contribution < -0.4 is 5.32 Å². The molecule has 6 heteroatoms. The van der Waals surface area contributed by atoms with Crippen molar-refractivity contribution in [1.82, 2.24) is 10.3 Å². The molecule has 1 heterocycles. The maximum Gasteiger partial charge on any atom is 0.408 e. The zero-order valence-electron chi connectivity index (χ0n) is 15.2. The third-order valence-electron chi connectivity index (χ3n) is 3.66. The second-order valence-electron chi connectivity index (χ2n) is 6.95. The number of alkyl carbamates (subject to hydrolysis) is 1. The first-order valence-electron chi connectivity index (χ1n) is 8.41. The molecule has 0 unspecified atom stereocenters. The minimum atomic E-state index is -0.542. The maximum absolute atomic E-state index is 12.1. The topological polar surface area (TPSA) is 71.5 Å².